The summed E-state index contributed by atoms with van der Waals surface area (Å²) in [5.74, 6) is -0.184. The quantitative estimate of drug-likeness (QED) is 0.566. The van der Waals surface area contributed by atoms with E-state index in [4.69, 9.17) is 4.74 Å². The van der Waals surface area contributed by atoms with Gasteiger partial charge in [0.25, 0.3) is 0 Å². The first-order chi connectivity index (χ1) is 9.00. The largest absolute Gasteiger partial charge is 0.451 e. The lowest BCUT2D eigenvalue weighted by Gasteiger charge is -2.26. The van der Waals surface area contributed by atoms with Crippen molar-refractivity contribution in [3.05, 3.63) is 23.3 Å². The molecule has 0 bridgehead atoms. The van der Waals surface area contributed by atoms with E-state index in [0.29, 0.717) is 19.3 Å². The minimum Gasteiger partial charge on any atom is -0.451 e. The summed E-state index contributed by atoms with van der Waals surface area (Å²) < 4.78 is 5.60. The first-order valence-electron chi connectivity index (χ1n) is 7.32. The number of carbonyl (C=O) groups is 1. The van der Waals surface area contributed by atoms with Gasteiger partial charge in [-0.25, -0.2) is 4.79 Å². The minimum absolute atomic E-state index is 0.184. The first kappa shape index (κ1) is 16.0. The van der Waals surface area contributed by atoms with E-state index in [9.17, 15) is 9.90 Å². The molecule has 0 amide bonds. The van der Waals surface area contributed by atoms with Gasteiger partial charge in [-0.05, 0) is 31.8 Å². The zero-order valence-corrected chi connectivity index (χ0v) is 12.5. The van der Waals surface area contributed by atoms with Gasteiger partial charge in [0.15, 0.2) is 0 Å². The summed E-state index contributed by atoms with van der Waals surface area (Å²) in [5, 5.41) is 9.74. The smallest absolute Gasteiger partial charge is 0.334 e. The molecular formula is C16H26O3. The Morgan fingerprint density at radius 1 is 1.42 bits per heavy atom. The fourth-order valence-corrected chi connectivity index (χ4v) is 2.36. The Morgan fingerprint density at radius 3 is 2.53 bits per heavy atom. The van der Waals surface area contributed by atoms with Crippen molar-refractivity contribution in [3.63, 3.8) is 0 Å². The van der Waals surface area contributed by atoms with Crippen LogP contribution in [0.5, 0.6) is 0 Å². The molecule has 0 spiro atoms. The minimum atomic E-state index is -0.502. The van der Waals surface area contributed by atoms with Gasteiger partial charge in [-0.3, -0.25) is 0 Å². The Bertz CT molecular complexity index is 381. The molecule has 0 fully saturated rings. The van der Waals surface area contributed by atoms with Crippen molar-refractivity contribution >= 4 is 5.97 Å². The molecule has 1 aliphatic rings. The van der Waals surface area contributed by atoms with E-state index in [1.165, 1.54) is 0 Å². The molecule has 19 heavy (non-hydrogen) atoms. The van der Waals surface area contributed by atoms with Crippen molar-refractivity contribution in [2.75, 3.05) is 0 Å². The van der Waals surface area contributed by atoms with Crippen LogP contribution in [-0.4, -0.2) is 22.8 Å². The molecular weight excluding hydrogens is 240 g/mol. The van der Waals surface area contributed by atoms with Gasteiger partial charge in [-0.1, -0.05) is 39.3 Å². The molecule has 0 aliphatic carbocycles. The maximum atomic E-state index is 11.8. The van der Waals surface area contributed by atoms with Crippen LogP contribution in [0.25, 0.3) is 0 Å². The fraction of sp³-hybridized carbons (Fsp3) is 0.688. The van der Waals surface area contributed by atoms with Crippen molar-refractivity contribution < 1.29 is 14.6 Å². The van der Waals surface area contributed by atoms with Crippen molar-refractivity contribution in [3.8, 4) is 0 Å². The highest BCUT2D eigenvalue weighted by atomic mass is 16.6. The van der Waals surface area contributed by atoms with Crippen LogP contribution >= 0.6 is 0 Å². The highest BCUT2D eigenvalue weighted by molar-refractivity contribution is 5.91. The summed E-state index contributed by atoms with van der Waals surface area (Å²) in [6.07, 6.45) is 7.22. The van der Waals surface area contributed by atoms with Crippen molar-refractivity contribution in [2.24, 2.45) is 0 Å². The highest BCUT2D eigenvalue weighted by Gasteiger charge is 2.38. The summed E-state index contributed by atoms with van der Waals surface area (Å²) in [4.78, 5) is 11.8. The molecule has 1 heterocycles. The van der Waals surface area contributed by atoms with E-state index in [-0.39, 0.29) is 5.97 Å². The number of rotatable bonds is 7. The van der Waals surface area contributed by atoms with Crippen LogP contribution in [0.4, 0.5) is 0 Å². The van der Waals surface area contributed by atoms with Gasteiger partial charge in [0.2, 0.25) is 0 Å². The lowest BCUT2D eigenvalue weighted by molar-refractivity contribution is -0.146. The number of ether oxygens (including phenoxy) is 1. The van der Waals surface area contributed by atoms with E-state index in [1.54, 1.807) is 0 Å². The van der Waals surface area contributed by atoms with E-state index in [1.807, 2.05) is 32.9 Å². The molecule has 1 N–H and O–H groups in total. The van der Waals surface area contributed by atoms with Gasteiger partial charge < -0.3 is 9.84 Å². The molecule has 0 unspecified atom stereocenters. The van der Waals surface area contributed by atoms with Crippen LogP contribution < -0.4 is 0 Å². The number of hydrogen-bond acceptors (Lipinski definition) is 3. The monoisotopic (exact) mass is 266 g/mol. The van der Waals surface area contributed by atoms with Gasteiger partial charge in [0, 0.05) is 12.0 Å². The Kier molecular flexibility index (Phi) is 5.80. The molecule has 3 nitrogen and oxygen atoms in total. The van der Waals surface area contributed by atoms with Gasteiger partial charge in [-0.15, -0.1) is 0 Å². The van der Waals surface area contributed by atoms with Crippen molar-refractivity contribution in [1.29, 1.82) is 0 Å². The zero-order valence-electron chi connectivity index (χ0n) is 12.5. The lowest BCUT2D eigenvalue weighted by atomic mass is 9.89. The molecule has 108 valence electrons. The number of aliphatic hydroxyl groups excluding tert-OH is 1. The number of cyclic esters (lactones) is 1. The molecule has 0 radical (unpaired) electrons. The second-order valence-electron chi connectivity index (χ2n) is 5.16. The summed E-state index contributed by atoms with van der Waals surface area (Å²) in [6, 6.07) is 0. The average molecular weight is 266 g/mol. The van der Waals surface area contributed by atoms with Gasteiger partial charge in [-0.2, -0.15) is 0 Å². The Hall–Kier alpha value is -1.09. The van der Waals surface area contributed by atoms with Crippen LogP contribution in [0.2, 0.25) is 0 Å². The topological polar surface area (TPSA) is 46.5 Å². The molecule has 0 saturated carbocycles. The number of esters is 1. The molecule has 0 aromatic rings. The summed E-state index contributed by atoms with van der Waals surface area (Å²) >= 11 is 0. The van der Waals surface area contributed by atoms with Crippen LogP contribution in [-0.2, 0) is 9.53 Å². The van der Waals surface area contributed by atoms with E-state index in [2.05, 4.69) is 6.92 Å². The average Bonchev–Trinajstić information content (AvgIpc) is 2.74. The maximum absolute atomic E-state index is 11.8. The summed E-state index contributed by atoms with van der Waals surface area (Å²) in [5.41, 5.74) is 1.42. The Morgan fingerprint density at radius 2 is 2.11 bits per heavy atom. The van der Waals surface area contributed by atoms with E-state index in [0.717, 1.165) is 24.0 Å². The predicted octanol–water partition coefficient (Wildman–Crippen LogP) is 3.53. The number of carbonyl (C=O) groups excluding carboxylic acids is 1. The van der Waals surface area contributed by atoms with Crippen molar-refractivity contribution in [2.45, 2.75) is 71.5 Å². The SMILES string of the molecule is CCC(=C[C@H](O)CC)C[C@]1(CC)C=C(CC)C(=O)O1. The van der Waals surface area contributed by atoms with Crippen LogP contribution in [0.3, 0.4) is 0 Å². The van der Waals surface area contributed by atoms with E-state index >= 15 is 0 Å². The molecule has 0 aromatic heterocycles. The second kappa shape index (κ2) is 6.90. The normalized spacial score (nSPS) is 25.2. The highest BCUT2D eigenvalue weighted by Crippen LogP contribution is 2.35. The molecule has 0 aromatic carbocycles. The fourth-order valence-electron chi connectivity index (χ4n) is 2.36. The number of hydrogen-bond donors (Lipinski definition) is 1. The molecule has 1 rings (SSSR count). The molecule has 0 saturated heterocycles. The standard InChI is InChI=1S/C16H26O3/c1-5-12(9-14(17)7-3)10-16(8-4)11-13(6-2)15(18)19-16/h9,11,14,17H,5-8,10H2,1-4H3/t14-,16-/m1/s1. The lowest BCUT2D eigenvalue weighted by Crippen LogP contribution is -2.28. The van der Waals surface area contributed by atoms with Crippen LogP contribution in [0.15, 0.2) is 23.3 Å². The molecule has 3 heteroatoms. The zero-order chi connectivity index (χ0) is 14.5. The van der Waals surface area contributed by atoms with Crippen LogP contribution in [0.1, 0.15) is 59.8 Å². The number of aliphatic hydroxyl groups is 1. The maximum Gasteiger partial charge on any atom is 0.334 e. The van der Waals surface area contributed by atoms with Gasteiger partial charge in [0.1, 0.15) is 5.60 Å². The Balaban J connectivity index is 2.90. The molecule has 2 atom stereocenters. The third-order valence-corrected chi connectivity index (χ3v) is 3.80. The van der Waals surface area contributed by atoms with E-state index < -0.39 is 11.7 Å². The van der Waals surface area contributed by atoms with Crippen molar-refractivity contribution in [1.82, 2.24) is 0 Å². The second-order valence-corrected chi connectivity index (χ2v) is 5.16. The Labute approximate surface area is 116 Å². The first-order valence-corrected chi connectivity index (χ1v) is 7.32. The predicted molar refractivity (Wildman–Crippen MR) is 76.8 cm³/mol. The third kappa shape index (κ3) is 3.93. The van der Waals surface area contributed by atoms with Crippen LogP contribution in [0, 0.1) is 0 Å². The summed E-state index contributed by atoms with van der Waals surface area (Å²) in [6.45, 7) is 8.02. The third-order valence-electron chi connectivity index (χ3n) is 3.80. The van der Waals surface area contributed by atoms with Gasteiger partial charge >= 0.3 is 5.97 Å². The molecule has 1 aliphatic heterocycles. The van der Waals surface area contributed by atoms with Gasteiger partial charge in [0.05, 0.1) is 6.10 Å². The summed E-state index contributed by atoms with van der Waals surface area (Å²) in [7, 11) is 0.